The first-order valence-corrected chi connectivity index (χ1v) is 6.07. The third-order valence-electron chi connectivity index (χ3n) is 1.74. The second kappa shape index (κ2) is 3.22. The molecule has 0 saturated heterocycles. The molecule has 0 saturated carbocycles. The molecule has 0 N–H and O–H groups in total. The third-order valence-corrected chi connectivity index (χ3v) is 3.09. The van der Waals surface area contributed by atoms with Crippen LogP contribution in [0.25, 0.3) is 11.1 Å². The van der Waals surface area contributed by atoms with E-state index < -0.39 is 9.05 Å². The van der Waals surface area contributed by atoms with Crippen molar-refractivity contribution in [3.8, 4) is 6.07 Å². The summed E-state index contributed by atoms with van der Waals surface area (Å²) in [7, 11) is 1.31. The summed E-state index contributed by atoms with van der Waals surface area (Å²) in [6, 6.07) is 5.95. The Morgan fingerprint density at radius 3 is 2.80 bits per heavy atom. The standard InChI is InChI=1S/C8H3ClN2O3S/c9-15(12,13)6-3-1-2-5-8(6)11-7(4-10)14-5/h1-3H. The average Bonchev–Trinajstić information content (AvgIpc) is 2.57. The first-order valence-electron chi connectivity index (χ1n) is 3.76. The molecule has 2 aromatic rings. The summed E-state index contributed by atoms with van der Waals surface area (Å²) in [5, 5.41) is 8.54. The summed E-state index contributed by atoms with van der Waals surface area (Å²) in [5.74, 6) is -0.197. The maximum atomic E-state index is 11.1. The van der Waals surface area contributed by atoms with E-state index in [0.717, 1.165) is 0 Å². The van der Waals surface area contributed by atoms with Gasteiger partial charge in [-0.15, -0.1) is 0 Å². The summed E-state index contributed by atoms with van der Waals surface area (Å²) in [6.07, 6.45) is 0. The van der Waals surface area contributed by atoms with Gasteiger partial charge in [0.15, 0.2) is 11.7 Å². The van der Waals surface area contributed by atoms with Gasteiger partial charge in [-0.2, -0.15) is 10.2 Å². The van der Waals surface area contributed by atoms with Gasteiger partial charge in [0.05, 0.1) is 0 Å². The largest absolute Gasteiger partial charge is 0.428 e. The predicted octanol–water partition coefficient (Wildman–Crippen LogP) is 1.63. The maximum Gasteiger partial charge on any atom is 0.301 e. The lowest BCUT2D eigenvalue weighted by molar-refractivity contribution is 0.584. The number of para-hydroxylation sites is 1. The van der Waals surface area contributed by atoms with Gasteiger partial charge < -0.3 is 4.42 Å². The number of halogens is 1. The maximum absolute atomic E-state index is 11.1. The third kappa shape index (κ3) is 1.67. The van der Waals surface area contributed by atoms with E-state index in [2.05, 4.69) is 4.98 Å². The molecule has 0 spiro atoms. The number of benzene rings is 1. The van der Waals surface area contributed by atoms with E-state index in [1.807, 2.05) is 0 Å². The van der Waals surface area contributed by atoms with Crippen molar-refractivity contribution in [3.05, 3.63) is 24.1 Å². The molecule has 1 aromatic carbocycles. The van der Waals surface area contributed by atoms with E-state index in [1.54, 1.807) is 6.07 Å². The summed E-state index contributed by atoms with van der Waals surface area (Å²) in [6.45, 7) is 0. The van der Waals surface area contributed by atoms with Crippen LogP contribution in [0, 0.1) is 11.3 Å². The minimum atomic E-state index is -3.88. The lowest BCUT2D eigenvalue weighted by Crippen LogP contribution is -1.91. The Bertz CT molecular complexity index is 669. The van der Waals surface area contributed by atoms with E-state index in [4.69, 9.17) is 20.4 Å². The monoisotopic (exact) mass is 242 g/mol. The molecular formula is C8H3ClN2O3S. The first-order chi connectivity index (χ1) is 7.02. The van der Waals surface area contributed by atoms with E-state index in [1.165, 1.54) is 18.2 Å². The van der Waals surface area contributed by atoms with Crippen LogP contribution in [0.2, 0.25) is 0 Å². The molecule has 0 aliphatic heterocycles. The van der Waals surface area contributed by atoms with Crippen molar-refractivity contribution in [1.29, 1.82) is 5.26 Å². The van der Waals surface area contributed by atoms with E-state index >= 15 is 0 Å². The molecule has 15 heavy (non-hydrogen) atoms. The van der Waals surface area contributed by atoms with Crippen LogP contribution in [0.4, 0.5) is 0 Å². The summed E-state index contributed by atoms with van der Waals surface area (Å²) in [5.41, 5.74) is 0.289. The second-order valence-corrected chi connectivity index (χ2v) is 5.21. The van der Waals surface area contributed by atoms with Crippen LogP contribution in [0.1, 0.15) is 5.89 Å². The number of nitrogens with zero attached hydrogens (tertiary/aromatic N) is 2. The average molecular weight is 243 g/mol. The van der Waals surface area contributed by atoms with Crippen LogP contribution in [-0.2, 0) is 9.05 Å². The van der Waals surface area contributed by atoms with Gasteiger partial charge in [0.2, 0.25) is 0 Å². The summed E-state index contributed by atoms with van der Waals surface area (Å²) >= 11 is 0. The van der Waals surface area contributed by atoms with Crippen LogP contribution in [0.5, 0.6) is 0 Å². The van der Waals surface area contributed by atoms with Crippen LogP contribution >= 0.6 is 10.7 Å². The topological polar surface area (TPSA) is 84.0 Å². The van der Waals surface area contributed by atoms with Crippen molar-refractivity contribution in [3.63, 3.8) is 0 Å². The molecule has 0 aliphatic rings. The van der Waals surface area contributed by atoms with Crippen LogP contribution < -0.4 is 0 Å². The SMILES string of the molecule is N#Cc1nc2c(S(=O)(=O)Cl)cccc2o1. The molecule has 1 heterocycles. The summed E-state index contributed by atoms with van der Waals surface area (Å²) in [4.78, 5) is 3.55. The minimum Gasteiger partial charge on any atom is -0.428 e. The predicted molar refractivity (Wildman–Crippen MR) is 51.8 cm³/mol. The number of nitriles is 1. The Balaban J connectivity index is 2.89. The molecule has 1 aromatic heterocycles. The Kier molecular flexibility index (Phi) is 2.14. The first kappa shape index (κ1) is 9.96. The number of hydrogen-bond acceptors (Lipinski definition) is 5. The lowest BCUT2D eigenvalue weighted by atomic mass is 10.3. The molecule has 0 unspecified atom stereocenters. The normalized spacial score (nSPS) is 11.5. The Morgan fingerprint density at radius 2 is 2.20 bits per heavy atom. The van der Waals surface area contributed by atoms with E-state index in [9.17, 15) is 8.42 Å². The van der Waals surface area contributed by atoms with Gasteiger partial charge in [-0.3, -0.25) is 0 Å². The van der Waals surface area contributed by atoms with Crippen molar-refractivity contribution < 1.29 is 12.8 Å². The van der Waals surface area contributed by atoms with Crippen molar-refractivity contribution in [2.24, 2.45) is 0 Å². The van der Waals surface area contributed by atoms with E-state index in [-0.39, 0.29) is 21.9 Å². The van der Waals surface area contributed by atoms with Crippen molar-refractivity contribution in [2.45, 2.75) is 4.90 Å². The van der Waals surface area contributed by atoms with Crippen LogP contribution in [0.3, 0.4) is 0 Å². The fourth-order valence-corrected chi connectivity index (χ4v) is 2.16. The molecule has 0 atom stereocenters. The molecule has 7 heteroatoms. The molecule has 0 aliphatic carbocycles. The van der Waals surface area contributed by atoms with Gasteiger partial charge >= 0.3 is 5.89 Å². The zero-order chi connectivity index (χ0) is 11.1. The van der Waals surface area contributed by atoms with Gasteiger partial charge in [-0.1, -0.05) is 6.07 Å². The van der Waals surface area contributed by atoms with Gasteiger partial charge in [-0.05, 0) is 12.1 Å². The van der Waals surface area contributed by atoms with Crippen molar-refractivity contribution >= 4 is 30.8 Å². The molecular weight excluding hydrogens is 240 g/mol. The van der Waals surface area contributed by atoms with Gasteiger partial charge in [0.1, 0.15) is 10.4 Å². The molecule has 2 rings (SSSR count). The highest BCUT2D eigenvalue weighted by atomic mass is 35.7. The Labute approximate surface area is 89.3 Å². The van der Waals surface area contributed by atoms with Gasteiger partial charge in [-0.25, -0.2) is 8.42 Å². The van der Waals surface area contributed by atoms with Gasteiger partial charge in [0, 0.05) is 10.7 Å². The highest BCUT2D eigenvalue weighted by Crippen LogP contribution is 2.25. The zero-order valence-corrected chi connectivity index (χ0v) is 8.71. The number of aromatic nitrogens is 1. The zero-order valence-electron chi connectivity index (χ0n) is 7.14. The fourth-order valence-electron chi connectivity index (χ4n) is 1.17. The lowest BCUT2D eigenvalue weighted by Gasteiger charge is -1.94. The van der Waals surface area contributed by atoms with Crippen LogP contribution in [0.15, 0.2) is 27.5 Å². The molecule has 0 radical (unpaired) electrons. The molecule has 5 nitrogen and oxygen atoms in total. The highest BCUT2D eigenvalue weighted by molar-refractivity contribution is 8.14. The quantitative estimate of drug-likeness (QED) is 0.710. The molecule has 0 fully saturated rings. The van der Waals surface area contributed by atoms with E-state index in [0.29, 0.717) is 0 Å². The fraction of sp³-hybridized carbons (Fsp3) is 0. The molecule has 76 valence electrons. The van der Waals surface area contributed by atoms with Crippen molar-refractivity contribution in [1.82, 2.24) is 4.98 Å². The number of oxazole rings is 1. The molecule has 0 amide bonds. The minimum absolute atomic E-state index is 0.0732. The van der Waals surface area contributed by atoms with Gasteiger partial charge in [0.25, 0.3) is 9.05 Å². The number of rotatable bonds is 1. The Hall–Kier alpha value is -1.58. The Morgan fingerprint density at radius 1 is 1.47 bits per heavy atom. The highest BCUT2D eigenvalue weighted by Gasteiger charge is 2.18. The summed E-state index contributed by atoms with van der Waals surface area (Å²) < 4.78 is 27.2. The van der Waals surface area contributed by atoms with Crippen molar-refractivity contribution in [2.75, 3.05) is 0 Å². The second-order valence-electron chi connectivity index (χ2n) is 2.67. The number of fused-ring (bicyclic) bond motifs is 1. The number of hydrogen-bond donors (Lipinski definition) is 0. The smallest absolute Gasteiger partial charge is 0.301 e. The molecule has 0 bridgehead atoms. The van der Waals surface area contributed by atoms with Crippen LogP contribution in [-0.4, -0.2) is 13.4 Å².